The van der Waals surface area contributed by atoms with Crippen LogP contribution in [0.25, 0.3) is 0 Å². The first kappa shape index (κ1) is 15.0. The molecule has 0 bridgehead atoms. The van der Waals surface area contributed by atoms with Gasteiger partial charge in [-0.2, -0.15) is 0 Å². The highest BCUT2D eigenvalue weighted by Crippen LogP contribution is 2.37. The van der Waals surface area contributed by atoms with E-state index in [2.05, 4.69) is 48.7 Å². The van der Waals surface area contributed by atoms with E-state index in [9.17, 15) is 0 Å². The van der Waals surface area contributed by atoms with Gasteiger partial charge >= 0.3 is 0 Å². The Balaban J connectivity index is 1.94. The summed E-state index contributed by atoms with van der Waals surface area (Å²) >= 11 is 1.91. The number of hydrogen-bond donors (Lipinski definition) is 1. The molecule has 108 valence electrons. The number of rotatable bonds is 7. The molecule has 1 aliphatic carbocycles. The summed E-state index contributed by atoms with van der Waals surface area (Å²) in [6.45, 7) is 3.50. The van der Waals surface area contributed by atoms with Crippen LogP contribution in [0.4, 0.5) is 0 Å². The molecule has 0 spiro atoms. The molecule has 3 heteroatoms. The Labute approximate surface area is 122 Å². The maximum atomic E-state index is 3.90. The lowest BCUT2D eigenvalue weighted by Gasteiger charge is -2.28. The summed E-state index contributed by atoms with van der Waals surface area (Å²) in [6.07, 6.45) is 6.86. The van der Waals surface area contributed by atoms with E-state index in [1.807, 2.05) is 11.3 Å². The van der Waals surface area contributed by atoms with Crippen molar-refractivity contribution < 1.29 is 0 Å². The lowest BCUT2D eigenvalue weighted by Crippen LogP contribution is -2.35. The molecule has 1 saturated carbocycles. The molecule has 0 saturated heterocycles. The molecule has 2 rings (SSSR count). The molecule has 1 N–H and O–H groups in total. The second-order valence-electron chi connectivity index (χ2n) is 6.20. The second-order valence-corrected chi connectivity index (χ2v) is 7.18. The summed E-state index contributed by atoms with van der Waals surface area (Å²) in [5.74, 6) is 0.848. The van der Waals surface area contributed by atoms with Crippen LogP contribution in [0.5, 0.6) is 0 Å². The Kier molecular flexibility index (Phi) is 5.86. The molecule has 1 aliphatic rings. The van der Waals surface area contributed by atoms with E-state index in [-0.39, 0.29) is 0 Å². The smallest absolute Gasteiger partial charge is 0.0445 e. The van der Waals surface area contributed by atoms with Gasteiger partial charge in [0, 0.05) is 17.0 Å². The average molecular weight is 280 g/mol. The van der Waals surface area contributed by atoms with Crippen molar-refractivity contribution in [3.63, 3.8) is 0 Å². The molecule has 1 heterocycles. The Morgan fingerprint density at radius 1 is 1.37 bits per heavy atom. The Morgan fingerprint density at radius 3 is 2.68 bits per heavy atom. The number of thiophene rings is 1. The fraction of sp³-hybridized carbons (Fsp3) is 0.750. The van der Waals surface area contributed by atoms with Crippen molar-refractivity contribution in [2.24, 2.45) is 5.92 Å². The molecule has 19 heavy (non-hydrogen) atoms. The third kappa shape index (κ3) is 4.59. The molecule has 1 aromatic rings. The number of nitrogens with zero attached hydrogens (tertiary/aromatic N) is 1. The minimum absolute atomic E-state index is 0.583. The zero-order valence-corrected chi connectivity index (χ0v) is 13.4. The van der Waals surface area contributed by atoms with Crippen molar-refractivity contribution in [2.75, 3.05) is 20.6 Å². The van der Waals surface area contributed by atoms with E-state index < -0.39 is 0 Å². The molecular formula is C16H28N2S. The highest BCUT2D eigenvalue weighted by Gasteiger charge is 2.27. The van der Waals surface area contributed by atoms with Crippen molar-refractivity contribution in [1.29, 1.82) is 0 Å². The highest BCUT2D eigenvalue weighted by atomic mass is 32.1. The monoisotopic (exact) mass is 280 g/mol. The molecule has 0 aliphatic heterocycles. The van der Waals surface area contributed by atoms with Gasteiger partial charge in [-0.3, -0.25) is 0 Å². The van der Waals surface area contributed by atoms with Gasteiger partial charge in [0.15, 0.2) is 0 Å². The third-order valence-corrected chi connectivity index (χ3v) is 5.15. The zero-order chi connectivity index (χ0) is 13.7. The maximum Gasteiger partial charge on any atom is 0.0445 e. The highest BCUT2D eigenvalue weighted by molar-refractivity contribution is 7.10. The van der Waals surface area contributed by atoms with Crippen LogP contribution < -0.4 is 5.32 Å². The summed E-state index contributed by atoms with van der Waals surface area (Å²) in [5, 5.41) is 6.11. The first-order valence-corrected chi connectivity index (χ1v) is 8.49. The van der Waals surface area contributed by atoms with E-state index in [0.29, 0.717) is 12.1 Å². The van der Waals surface area contributed by atoms with Crippen LogP contribution in [-0.2, 0) is 0 Å². The third-order valence-electron chi connectivity index (χ3n) is 4.19. The molecule has 0 amide bonds. The molecule has 2 atom stereocenters. The summed E-state index contributed by atoms with van der Waals surface area (Å²) in [6, 6.07) is 5.67. The molecule has 0 radical (unpaired) electrons. The first-order chi connectivity index (χ1) is 9.16. The van der Waals surface area contributed by atoms with E-state index >= 15 is 0 Å². The van der Waals surface area contributed by atoms with Crippen molar-refractivity contribution in [1.82, 2.24) is 10.2 Å². The molecule has 1 aromatic heterocycles. The van der Waals surface area contributed by atoms with Gasteiger partial charge in [0.25, 0.3) is 0 Å². The average Bonchev–Trinajstić information content (AvgIpc) is 3.05. The van der Waals surface area contributed by atoms with Crippen LogP contribution in [0.1, 0.15) is 49.9 Å². The van der Waals surface area contributed by atoms with Gasteiger partial charge in [0.2, 0.25) is 0 Å². The normalized spacial score (nSPS) is 20.0. The summed E-state index contributed by atoms with van der Waals surface area (Å²) in [4.78, 5) is 3.80. The Hall–Kier alpha value is -0.380. The molecule has 2 unspecified atom stereocenters. The van der Waals surface area contributed by atoms with Crippen LogP contribution >= 0.6 is 11.3 Å². The molecule has 0 aromatic carbocycles. The van der Waals surface area contributed by atoms with Crippen LogP contribution in [-0.4, -0.2) is 31.6 Å². The van der Waals surface area contributed by atoms with Crippen molar-refractivity contribution in [3.8, 4) is 0 Å². The van der Waals surface area contributed by atoms with Crippen LogP contribution in [0.15, 0.2) is 17.5 Å². The maximum absolute atomic E-state index is 3.90. The van der Waals surface area contributed by atoms with Gasteiger partial charge in [0.05, 0.1) is 0 Å². The predicted molar refractivity (Wildman–Crippen MR) is 84.8 cm³/mol. The van der Waals surface area contributed by atoms with Gasteiger partial charge in [-0.05, 0) is 64.2 Å². The second kappa shape index (κ2) is 7.41. The fourth-order valence-electron chi connectivity index (χ4n) is 3.05. The lowest BCUT2D eigenvalue weighted by atomic mass is 9.95. The van der Waals surface area contributed by atoms with Crippen LogP contribution in [0.3, 0.4) is 0 Å². The van der Waals surface area contributed by atoms with E-state index in [1.54, 1.807) is 0 Å². The van der Waals surface area contributed by atoms with Crippen LogP contribution in [0, 0.1) is 5.92 Å². The van der Waals surface area contributed by atoms with E-state index in [1.165, 1.54) is 37.0 Å². The Bertz CT molecular complexity index is 342. The number of hydrogen-bond acceptors (Lipinski definition) is 3. The summed E-state index contributed by atoms with van der Waals surface area (Å²) < 4.78 is 0. The lowest BCUT2D eigenvalue weighted by molar-refractivity contribution is 0.307. The minimum Gasteiger partial charge on any atom is -0.309 e. The quantitative estimate of drug-likeness (QED) is 0.814. The van der Waals surface area contributed by atoms with Crippen molar-refractivity contribution >= 4 is 11.3 Å². The predicted octanol–water partition coefficient (Wildman–Crippen LogP) is 3.91. The van der Waals surface area contributed by atoms with Gasteiger partial charge in [-0.25, -0.2) is 0 Å². The van der Waals surface area contributed by atoms with Crippen LogP contribution in [0.2, 0.25) is 0 Å². The summed E-state index contributed by atoms with van der Waals surface area (Å²) in [5.41, 5.74) is 0. The Morgan fingerprint density at radius 2 is 2.11 bits per heavy atom. The number of nitrogens with one attached hydrogen (secondary N) is 1. The van der Waals surface area contributed by atoms with Gasteiger partial charge < -0.3 is 10.2 Å². The molecule has 1 fully saturated rings. The standard InChI is InChI=1S/C16H28N2S/c1-13(10-11-18(2)3)17-16(14-7-4-5-8-14)15-9-6-12-19-15/h6,9,12-14,16-17H,4-5,7-8,10-11H2,1-3H3. The van der Waals surface area contributed by atoms with Crippen molar-refractivity contribution in [3.05, 3.63) is 22.4 Å². The minimum atomic E-state index is 0.583. The largest absolute Gasteiger partial charge is 0.309 e. The van der Waals surface area contributed by atoms with Gasteiger partial charge in [0.1, 0.15) is 0 Å². The van der Waals surface area contributed by atoms with Crippen molar-refractivity contribution in [2.45, 2.75) is 51.1 Å². The SMILES string of the molecule is CC(CCN(C)C)NC(c1cccs1)C1CCCC1. The topological polar surface area (TPSA) is 15.3 Å². The van der Waals surface area contributed by atoms with Gasteiger partial charge in [-0.15, -0.1) is 11.3 Å². The zero-order valence-electron chi connectivity index (χ0n) is 12.6. The van der Waals surface area contributed by atoms with E-state index in [0.717, 1.165) is 12.5 Å². The molecule has 2 nitrogen and oxygen atoms in total. The summed E-state index contributed by atoms with van der Waals surface area (Å²) in [7, 11) is 4.31. The van der Waals surface area contributed by atoms with E-state index in [4.69, 9.17) is 0 Å². The van der Waals surface area contributed by atoms with Gasteiger partial charge in [-0.1, -0.05) is 18.9 Å². The molecular weight excluding hydrogens is 252 g/mol. The fourth-order valence-corrected chi connectivity index (χ4v) is 3.93. The first-order valence-electron chi connectivity index (χ1n) is 7.61.